The molecule has 8 unspecified atom stereocenters. The number of benzene rings is 1. The van der Waals surface area contributed by atoms with Gasteiger partial charge in [-0.2, -0.15) is 0 Å². The molecule has 6 rings (SSSR count). The minimum absolute atomic E-state index is 0.0262. The normalized spacial score (nSPS) is 33.2. The zero-order valence-corrected chi connectivity index (χ0v) is 29.8. The third kappa shape index (κ3) is 8.30. The number of ether oxygens (including phenoxy) is 5. The third-order valence-corrected chi connectivity index (χ3v) is 11.1. The fourth-order valence-electron chi connectivity index (χ4n) is 8.24. The van der Waals surface area contributed by atoms with Crippen molar-refractivity contribution in [2.75, 3.05) is 13.4 Å². The number of amides is 1. The second kappa shape index (κ2) is 13.9. The molecule has 10 nitrogen and oxygen atoms in total. The van der Waals surface area contributed by atoms with Crippen LogP contribution in [-0.2, 0) is 33.3 Å². The van der Waals surface area contributed by atoms with Crippen LogP contribution in [0.4, 0.5) is 0 Å². The van der Waals surface area contributed by atoms with E-state index < -0.39 is 47.8 Å². The summed E-state index contributed by atoms with van der Waals surface area (Å²) >= 11 is 0. The Morgan fingerprint density at radius 2 is 1.86 bits per heavy atom. The first-order valence-electron chi connectivity index (χ1n) is 17.9. The van der Waals surface area contributed by atoms with E-state index in [4.69, 9.17) is 23.7 Å². The molecule has 2 aliphatic heterocycles. The predicted molar refractivity (Wildman–Crippen MR) is 182 cm³/mol. The number of esters is 2. The quantitative estimate of drug-likeness (QED) is 0.251. The molecule has 268 valence electrons. The first-order chi connectivity index (χ1) is 23.1. The summed E-state index contributed by atoms with van der Waals surface area (Å²) in [6.07, 6.45) is 8.51. The van der Waals surface area contributed by atoms with Gasteiger partial charge < -0.3 is 34.1 Å². The first-order valence-corrected chi connectivity index (χ1v) is 17.9. The minimum Gasteiger partial charge on any atom is -0.460 e. The molecule has 0 aromatic heterocycles. The topological polar surface area (TPSA) is 133 Å². The average Bonchev–Trinajstić information content (AvgIpc) is 3.41. The van der Waals surface area contributed by atoms with Gasteiger partial charge in [-0.1, -0.05) is 37.6 Å². The molecule has 4 fully saturated rings. The van der Waals surface area contributed by atoms with Gasteiger partial charge in [-0.3, -0.25) is 9.59 Å². The number of carbonyl (C=O) groups excluding carboxylic acids is 3. The molecule has 2 N–H and O–H groups in total. The van der Waals surface area contributed by atoms with Crippen molar-refractivity contribution in [1.29, 1.82) is 0 Å². The van der Waals surface area contributed by atoms with Gasteiger partial charge in [0, 0.05) is 18.4 Å². The van der Waals surface area contributed by atoms with E-state index in [1.807, 2.05) is 12.1 Å². The van der Waals surface area contributed by atoms with Crippen LogP contribution < -0.4 is 5.32 Å². The number of allylic oxidation sites excluding steroid dienone is 1. The summed E-state index contributed by atoms with van der Waals surface area (Å²) in [6, 6.07) is 6.87. The summed E-state index contributed by atoms with van der Waals surface area (Å²) < 4.78 is 28.8. The lowest BCUT2D eigenvalue weighted by Gasteiger charge is -2.53. The molecular weight excluding hydrogens is 626 g/mol. The molecule has 0 spiro atoms. The van der Waals surface area contributed by atoms with Crippen molar-refractivity contribution in [2.24, 2.45) is 17.3 Å². The van der Waals surface area contributed by atoms with Gasteiger partial charge in [0.2, 0.25) is 5.91 Å². The summed E-state index contributed by atoms with van der Waals surface area (Å²) in [5, 5.41) is 12.7. The highest BCUT2D eigenvalue weighted by atomic mass is 16.7. The summed E-state index contributed by atoms with van der Waals surface area (Å²) in [6.45, 7) is 12.1. The van der Waals surface area contributed by atoms with Crippen LogP contribution in [0.15, 0.2) is 41.5 Å². The predicted octanol–water partition coefficient (Wildman–Crippen LogP) is 5.66. The van der Waals surface area contributed by atoms with Gasteiger partial charge in [0.25, 0.3) is 0 Å². The SMILES string of the molecule is CC(C)(C)OC(=O)CCC(CO)NC(=O)C1=CC2OCOC2C(OC(=O)c2ccc(C=C3CCC4OC4(C)CCC4C3CC4(C)C)cc2)C1. The summed E-state index contributed by atoms with van der Waals surface area (Å²) in [4.78, 5) is 38.8. The smallest absolute Gasteiger partial charge is 0.338 e. The zero-order chi connectivity index (χ0) is 35.1. The molecule has 10 heteroatoms. The van der Waals surface area contributed by atoms with Crippen LogP contribution in [0.2, 0.25) is 0 Å². The van der Waals surface area contributed by atoms with Crippen LogP contribution in [0.3, 0.4) is 0 Å². The van der Waals surface area contributed by atoms with E-state index in [0.29, 0.717) is 34.5 Å². The minimum atomic E-state index is -0.741. The maximum Gasteiger partial charge on any atom is 0.338 e. The lowest BCUT2D eigenvalue weighted by atomic mass is 9.52. The first kappa shape index (κ1) is 35.8. The Labute approximate surface area is 289 Å². The Kier molecular flexibility index (Phi) is 10.2. The van der Waals surface area contributed by atoms with E-state index in [1.54, 1.807) is 39.0 Å². The highest BCUT2D eigenvalue weighted by molar-refractivity contribution is 5.94. The fourth-order valence-corrected chi connectivity index (χ4v) is 8.24. The largest absolute Gasteiger partial charge is 0.460 e. The molecule has 0 bridgehead atoms. The number of aliphatic hydroxyl groups excluding tert-OH is 1. The number of nitrogens with one attached hydrogen (secondary N) is 1. The van der Waals surface area contributed by atoms with Crippen molar-refractivity contribution in [3.63, 3.8) is 0 Å². The Morgan fingerprint density at radius 1 is 1.10 bits per heavy atom. The Morgan fingerprint density at radius 3 is 2.55 bits per heavy atom. The summed E-state index contributed by atoms with van der Waals surface area (Å²) in [5.74, 6) is -0.0813. The van der Waals surface area contributed by atoms with Crippen LogP contribution in [0.5, 0.6) is 0 Å². The molecule has 49 heavy (non-hydrogen) atoms. The second-order valence-corrected chi connectivity index (χ2v) is 16.4. The van der Waals surface area contributed by atoms with Gasteiger partial charge in [-0.25, -0.2) is 4.79 Å². The average molecular weight is 680 g/mol. The number of carbonyl (C=O) groups is 3. The Balaban J connectivity index is 1.07. The van der Waals surface area contributed by atoms with Crippen LogP contribution >= 0.6 is 0 Å². The number of hydrogen-bond acceptors (Lipinski definition) is 9. The third-order valence-electron chi connectivity index (χ3n) is 11.1. The maximum absolute atomic E-state index is 13.4. The van der Waals surface area contributed by atoms with Crippen molar-refractivity contribution in [3.8, 4) is 0 Å². The number of fused-ring (bicyclic) bond motifs is 3. The lowest BCUT2D eigenvalue weighted by Crippen LogP contribution is -2.45. The highest BCUT2D eigenvalue weighted by Crippen LogP contribution is 2.59. The van der Waals surface area contributed by atoms with Crippen molar-refractivity contribution in [3.05, 3.63) is 52.6 Å². The van der Waals surface area contributed by atoms with Gasteiger partial charge in [0.05, 0.1) is 29.9 Å². The molecule has 2 saturated heterocycles. The molecule has 5 aliphatic rings. The molecule has 2 heterocycles. The Hall–Kier alpha value is -3.05. The highest BCUT2D eigenvalue weighted by Gasteiger charge is 2.56. The van der Waals surface area contributed by atoms with Crippen LogP contribution in [0.25, 0.3) is 6.08 Å². The van der Waals surface area contributed by atoms with E-state index in [2.05, 4.69) is 32.2 Å². The van der Waals surface area contributed by atoms with E-state index >= 15 is 0 Å². The molecule has 1 amide bonds. The lowest BCUT2D eigenvalue weighted by molar-refractivity contribution is -0.155. The van der Waals surface area contributed by atoms with Crippen molar-refractivity contribution < 1.29 is 43.2 Å². The zero-order valence-electron chi connectivity index (χ0n) is 29.8. The second-order valence-electron chi connectivity index (χ2n) is 16.4. The van der Waals surface area contributed by atoms with E-state index in [-0.39, 0.29) is 38.3 Å². The van der Waals surface area contributed by atoms with Gasteiger partial charge in [0.15, 0.2) is 0 Å². The number of epoxide rings is 1. The molecule has 8 atom stereocenters. The monoisotopic (exact) mass is 679 g/mol. The van der Waals surface area contributed by atoms with Gasteiger partial charge >= 0.3 is 11.9 Å². The standard InChI is InChI=1S/C39H53NO9/c1-37(2,3)49-33(42)14-12-27(21-41)40-35(43)26-18-30-34(46-22-45-30)31(19-26)47-36(44)24-9-7-23(8-10-24)17-25-11-13-32-39(6,48-32)16-15-29-28(25)20-38(29,4)5/h7-10,17-18,27-32,34,41H,11-16,19-22H2,1-6H3,(H,40,43). The molecule has 2 saturated carbocycles. The van der Waals surface area contributed by atoms with Crippen LogP contribution in [-0.4, -0.2) is 78.0 Å². The fraction of sp³-hybridized carbons (Fsp3) is 0.667. The molecule has 1 aromatic rings. The van der Waals surface area contributed by atoms with Gasteiger partial charge in [-0.05, 0) is 107 Å². The molecule has 0 radical (unpaired) electrons. The van der Waals surface area contributed by atoms with E-state index in [9.17, 15) is 19.5 Å². The maximum atomic E-state index is 13.4. The van der Waals surface area contributed by atoms with Crippen LogP contribution in [0.1, 0.15) is 109 Å². The number of aliphatic hydroxyl groups is 1. The number of rotatable bonds is 9. The van der Waals surface area contributed by atoms with Gasteiger partial charge in [0.1, 0.15) is 30.7 Å². The number of hydrogen-bond donors (Lipinski definition) is 2. The van der Waals surface area contributed by atoms with E-state index in [0.717, 1.165) is 24.8 Å². The summed E-state index contributed by atoms with van der Waals surface area (Å²) in [5.41, 5.74) is 3.10. The van der Waals surface area contributed by atoms with Gasteiger partial charge in [-0.15, -0.1) is 0 Å². The summed E-state index contributed by atoms with van der Waals surface area (Å²) in [7, 11) is 0. The van der Waals surface area contributed by atoms with E-state index in [1.165, 1.54) is 18.4 Å². The Bertz CT molecular complexity index is 1470. The van der Waals surface area contributed by atoms with Crippen molar-refractivity contribution >= 4 is 23.9 Å². The molecular formula is C39H53NO9. The molecule has 3 aliphatic carbocycles. The molecule has 1 aromatic carbocycles. The van der Waals surface area contributed by atoms with Crippen LogP contribution in [0, 0.1) is 17.3 Å². The van der Waals surface area contributed by atoms with Crippen molar-refractivity contribution in [1.82, 2.24) is 5.32 Å². The van der Waals surface area contributed by atoms with Crippen molar-refractivity contribution in [2.45, 2.75) is 135 Å².